The van der Waals surface area contributed by atoms with Crippen LogP contribution in [0.1, 0.15) is 21.6 Å². The third kappa shape index (κ3) is 3.97. The van der Waals surface area contributed by atoms with Gasteiger partial charge in [0.1, 0.15) is 11.2 Å². The number of carboxylic acids is 1. The van der Waals surface area contributed by atoms with E-state index < -0.39 is 28.7 Å². The summed E-state index contributed by atoms with van der Waals surface area (Å²) in [5, 5.41) is 12.4. The van der Waals surface area contributed by atoms with Gasteiger partial charge in [-0.3, -0.25) is 19.1 Å². The van der Waals surface area contributed by atoms with E-state index in [-0.39, 0.29) is 17.3 Å². The van der Waals surface area contributed by atoms with Gasteiger partial charge >= 0.3 is 5.97 Å². The van der Waals surface area contributed by atoms with Gasteiger partial charge in [-0.15, -0.1) is 0 Å². The minimum absolute atomic E-state index is 0.127. The van der Waals surface area contributed by atoms with Crippen LogP contribution in [-0.2, 0) is 11.2 Å². The van der Waals surface area contributed by atoms with Gasteiger partial charge in [0, 0.05) is 92.2 Å². The summed E-state index contributed by atoms with van der Waals surface area (Å²) >= 11 is 0. The summed E-state index contributed by atoms with van der Waals surface area (Å²) in [7, 11) is 1.67. The zero-order valence-electron chi connectivity index (χ0n) is 22.2. The number of fused-ring (bicyclic) bond motifs is 5. The van der Waals surface area contributed by atoms with E-state index in [2.05, 4.69) is 20.1 Å². The van der Waals surface area contributed by atoms with Crippen LogP contribution in [0.3, 0.4) is 0 Å². The fourth-order valence-corrected chi connectivity index (χ4v) is 6.31. The molecule has 5 heterocycles. The monoisotopic (exact) mass is 560 g/mol. The van der Waals surface area contributed by atoms with Gasteiger partial charge in [-0.05, 0) is 17.7 Å². The van der Waals surface area contributed by atoms with Crippen LogP contribution in [-0.4, -0.2) is 82.8 Å². The van der Waals surface area contributed by atoms with Crippen LogP contribution in [0.15, 0.2) is 41.6 Å². The number of hydrogen-bond acceptors (Lipinski definition) is 8. The minimum Gasteiger partial charge on any atom is -0.477 e. The average molecular weight is 561 g/mol. The van der Waals surface area contributed by atoms with Crippen LogP contribution in [0.25, 0.3) is 27.9 Å². The number of pyridine rings is 2. The molecule has 2 N–H and O–H groups in total. The third-order valence-corrected chi connectivity index (χ3v) is 8.32. The van der Waals surface area contributed by atoms with E-state index in [1.54, 1.807) is 25.4 Å². The topological polar surface area (TPSA) is 112 Å². The number of nitrogens with zero attached hydrogens (tertiary/aromatic N) is 5. The summed E-state index contributed by atoms with van der Waals surface area (Å²) in [6.45, 7) is 4.09. The predicted octanol–water partition coefficient (Wildman–Crippen LogP) is 2.87. The Bertz CT molecular complexity index is 1810. The van der Waals surface area contributed by atoms with E-state index in [1.807, 2.05) is 0 Å². The summed E-state index contributed by atoms with van der Waals surface area (Å²) in [4.78, 5) is 38.0. The number of nitrogens with one attached hydrogen (secondary N) is 1. The highest BCUT2D eigenvalue weighted by molar-refractivity contribution is 5.97. The second kappa shape index (κ2) is 9.60. The fraction of sp³-hybridized carbons (Fsp3) is 0.310. The van der Waals surface area contributed by atoms with Crippen LogP contribution in [0.4, 0.5) is 20.2 Å². The number of morpholine rings is 1. The molecule has 1 aromatic carbocycles. The molecule has 210 valence electrons. The quantitative estimate of drug-likeness (QED) is 0.343. The molecule has 12 heteroatoms. The zero-order chi connectivity index (χ0) is 28.4. The molecule has 4 aromatic rings. The van der Waals surface area contributed by atoms with E-state index in [0.29, 0.717) is 72.0 Å². The van der Waals surface area contributed by atoms with Gasteiger partial charge in [0.05, 0.1) is 30.6 Å². The van der Waals surface area contributed by atoms with E-state index >= 15 is 4.39 Å². The maximum atomic E-state index is 15.6. The summed E-state index contributed by atoms with van der Waals surface area (Å²) in [5.41, 5.74) is 3.47. The van der Waals surface area contributed by atoms with Crippen LogP contribution >= 0.6 is 0 Å². The van der Waals surface area contributed by atoms with Crippen molar-refractivity contribution in [2.45, 2.75) is 12.5 Å². The molecule has 2 saturated heterocycles. The molecule has 41 heavy (non-hydrogen) atoms. The second-order valence-electron chi connectivity index (χ2n) is 10.5. The molecule has 0 saturated carbocycles. The van der Waals surface area contributed by atoms with Crippen LogP contribution < -0.4 is 15.8 Å². The molecule has 10 nitrogen and oxygen atoms in total. The molecule has 3 aromatic heterocycles. The van der Waals surface area contributed by atoms with Crippen molar-refractivity contribution >= 4 is 23.0 Å². The van der Waals surface area contributed by atoms with Crippen molar-refractivity contribution in [2.75, 3.05) is 56.7 Å². The Morgan fingerprint density at radius 1 is 1.15 bits per heavy atom. The minimum atomic E-state index is -1.37. The first-order valence-electron chi connectivity index (χ1n) is 13.4. The number of halogens is 2. The lowest BCUT2D eigenvalue weighted by atomic mass is 9.96. The summed E-state index contributed by atoms with van der Waals surface area (Å²) in [6.07, 6.45) is 4.60. The van der Waals surface area contributed by atoms with Crippen molar-refractivity contribution in [3.63, 3.8) is 0 Å². The zero-order valence-corrected chi connectivity index (χ0v) is 22.2. The SMILES string of the molecule is CNc1cc(F)c(F)c2c1Cc1ncc(-c3ccc4ncc(C(=O)O)c(=O)n4c3)c(N3CCN4CCOCC4C3)c1-2. The number of benzene rings is 1. The molecule has 1 aliphatic carbocycles. The van der Waals surface area contributed by atoms with Gasteiger partial charge in [0.2, 0.25) is 0 Å². The lowest BCUT2D eigenvalue weighted by Crippen LogP contribution is -2.58. The number of rotatable bonds is 4. The van der Waals surface area contributed by atoms with E-state index in [9.17, 15) is 19.1 Å². The molecule has 0 radical (unpaired) electrons. The van der Waals surface area contributed by atoms with E-state index in [0.717, 1.165) is 19.3 Å². The van der Waals surface area contributed by atoms with E-state index in [1.165, 1.54) is 16.7 Å². The number of carbonyl (C=O) groups is 1. The molecule has 1 unspecified atom stereocenters. The Hall–Kier alpha value is -4.42. The first kappa shape index (κ1) is 25.5. The van der Waals surface area contributed by atoms with Gasteiger partial charge in [0.15, 0.2) is 11.6 Å². The van der Waals surface area contributed by atoms with Crippen molar-refractivity contribution < 1.29 is 23.4 Å². The van der Waals surface area contributed by atoms with Crippen molar-refractivity contribution in [2.24, 2.45) is 0 Å². The van der Waals surface area contributed by atoms with Gasteiger partial charge in [-0.25, -0.2) is 18.6 Å². The smallest absolute Gasteiger partial charge is 0.342 e. The number of ether oxygens (including phenoxy) is 1. The molecule has 0 spiro atoms. The standard InChI is InChI=1S/C29H26F2N6O4/c1-32-21-9-20(30)26(31)24-17(21)8-22-25(24)27(36-5-4-35-6-7-41-14-16(35)13-36)18(10-33-22)15-2-3-23-34-11-19(29(39)40)28(38)37(23)12-15/h2-3,9-12,16,32H,4-8,13-14H2,1H3,(H,39,40). The van der Waals surface area contributed by atoms with Crippen LogP contribution in [0.5, 0.6) is 0 Å². The largest absolute Gasteiger partial charge is 0.477 e. The summed E-state index contributed by atoms with van der Waals surface area (Å²) in [5.74, 6) is -3.25. The fourth-order valence-electron chi connectivity index (χ4n) is 6.31. The van der Waals surface area contributed by atoms with Gasteiger partial charge in [0.25, 0.3) is 5.56 Å². The Morgan fingerprint density at radius 3 is 2.80 bits per heavy atom. The lowest BCUT2D eigenvalue weighted by molar-refractivity contribution is -0.0116. The highest BCUT2D eigenvalue weighted by atomic mass is 19.2. The molecule has 2 fully saturated rings. The maximum absolute atomic E-state index is 15.6. The first-order chi connectivity index (χ1) is 19.9. The average Bonchev–Trinajstić information content (AvgIpc) is 3.38. The normalized spacial score (nSPS) is 18.2. The van der Waals surface area contributed by atoms with Crippen molar-refractivity contribution in [1.29, 1.82) is 0 Å². The molecule has 0 amide bonds. The van der Waals surface area contributed by atoms with E-state index in [4.69, 9.17) is 9.72 Å². The summed E-state index contributed by atoms with van der Waals surface area (Å²) in [6, 6.07) is 4.69. The Balaban J connectivity index is 1.47. The molecular formula is C29H26F2N6O4. The Labute approximate surface area is 232 Å². The molecule has 0 bridgehead atoms. The number of anilines is 2. The maximum Gasteiger partial charge on any atom is 0.342 e. The van der Waals surface area contributed by atoms with Crippen molar-refractivity contribution in [3.8, 4) is 22.3 Å². The number of piperazine rings is 1. The first-order valence-corrected chi connectivity index (χ1v) is 13.4. The number of carboxylic acid groups (broad SMARTS) is 1. The number of hydrogen-bond donors (Lipinski definition) is 2. The Kier molecular flexibility index (Phi) is 5.98. The second-order valence-corrected chi connectivity index (χ2v) is 10.5. The third-order valence-electron chi connectivity index (χ3n) is 8.32. The van der Waals surface area contributed by atoms with Crippen molar-refractivity contribution in [3.05, 3.63) is 75.6 Å². The molecule has 2 aliphatic heterocycles. The van der Waals surface area contributed by atoms with Crippen LogP contribution in [0.2, 0.25) is 0 Å². The van der Waals surface area contributed by atoms with Gasteiger partial charge < -0.3 is 20.1 Å². The Morgan fingerprint density at radius 2 is 2.00 bits per heavy atom. The molecular weight excluding hydrogens is 534 g/mol. The highest BCUT2D eigenvalue weighted by Gasteiger charge is 2.37. The van der Waals surface area contributed by atoms with Gasteiger partial charge in [-0.1, -0.05) is 0 Å². The molecule has 1 atom stereocenters. The molecule has 7 rings (SSSR count). The van der Waals surface area contributed by atoms with Gasteiger partial charge in [-0.2, -0.15) is 0 Å². The summed E-state index contributed by atoms with van der Waals surface area (Å²) < 4.78 is 37.5. The molecule has 3 aliphatic rings. The number of aromatic nitrogens is 3. The van der Waals surface area contributed by atoms with Crippen molar-refractivity contribution in [1.82, 2.24) is 19.3 Å². The highest BCUT2D eigenvalue weighted by Crippen LogP contribution is 2.50. The van der Waals surface area contributed by atoms with Crippen LogP contribution in [0, 0.1) is 11.6 Å². The lowest BCUT2D eigenvalue weighted by Gasteiger charge is -2.45. The number of aromatic carboxylic acids is 1. The predicted molar refractivity (Wildman–Crippen MR) is 148 cm³/mol.